The van der Waals surface area contributed by atoms with E-state index in [-0.39, 0.29) is 0 Å². The Morgan fingerprint density at radius 2 is 1.57 bits per heavy atom. The lowest BCUT2D eigenvalue weighted by molar-refractivity contribution is 0.298. The highest BCUT2D eigenvalue weighted by Gasteiger charge is 2.12. The van der Waals surface area contributed by atoms with Crippen LogP contribution in [0.5, 0.6) is 5.75 Å². The number of imidazole rings is 1. The van der Waals surface area contributed by atoms with Crippen molar-refractivity contribution in [3.05, 3.63) is 107 Å². The van der Waals surface area contributed by atoms with E-state index in [2.05, 4.69) is 65.2 Å². The maximum Gasteiger partial charge on any atom is 0.119 e. The summed E-state index contributed by atoms with van der Waals surface area (Å²) in [5.41, 5.74) is 3.43. The van der Waals surface area contributed by atoms with Gasteiger partial charge in [-0.2, -0.15) is 0 Å². The molecule has 0 radical (unpaired) electrons. The number of hydrogen-bond acceptors (Lipinski definition) is 2. The van der Waals surface area contributed by atoms with Crippen molar-refractivity contribution in [2.24, 2.45) is 0 Å². The Labute approximate surface area is 180 Å². The van der Waals surface area contributed by atoms with Crippen LogP contribution in [0.25, 0.3) is 21.8 Å². The van der Waals surface area contributed by atoms with E-state index in [1.165, 1.54) is 16.3 Å². The molecule has 0 saturated heterocycles. The van der Waals surface area contributed by atoms with Gasteiger partial charge in [0, 0.05) is 11.4 Å². The molecule has 0 aliphatic rings. The molecule has 0 aliphatic carbocycles. The van der Waals surface area contributed by atoms with Crippen molar-refractivity contribution in [2.45, 2.75) is 13.0 Å². The maximum atomic E-state index is 5.96. The van der Waals surface area contributed by atoms with E-state index in [1.807, 2.05) is 30.3 Å². The third-order valence-electron chi connectivity index (χ3n) is 5.36. The van der Waals surface area contributed by atoms with Crippen molar-refractivity contribution in [2.75, 3.05) is 6.61 Å². The third-order valence-corrected chi connectivity index (χ3v) is 5.61. The lowest BCUT2D eigenvalue weighted by Crippen LogP contribution is -2.11. The van der Waals surface area contributed by atoms with Gasteiger partial charge in [-0.3, -0.25) is 0 Å². The average molecular weight is 413 g/mol. The number of aromatic nitrogens is 2. The molecule has 5 rings (SSSR count). The van der Waals surface area contributed by atoms with Gasteiger partial charge in [-0.1, -0.05) is 66.2 Å². The Bertz CT molecular complexity index is 1300. The molecule has 0 atom stereocenters. The van der Waals surface area contributed by atoms with E-state index in [0.29, 0.717) is 11.6 Å². The summed E-state index contributed by atoms with van der Waals surface area (Å²) in [6, 6.07) is 30.7. The van der Waals surface area contributed by atoms with Gasteiger partial charge in [-0.25, -0.2) is 4.98 Å². The van der Waals surface area contributed by atoms with E-state index in [9.17, 15) is 0 Å². The molecule has 0 amide bonds. The maximum absolute atomic E-state index is 5.96. The van der Waals surface area contributed by atoms with Gasteiger partial charge in [0.15, 0.2) is 0 Å². The van der Waals surface area contributed by atoms with Crippen LogP contribution in [0, 0.1) is 0 Å². The lowest BCUT2D eigenvalue weighted by Gasteiger charge is -2.12. The number of ether oxygens (including phenoxy) is 1. The number of nitrogens with zero attached hydrogens (tertiary/aromatic N) is 2. The normalized spacial score (nSPS) is 11.2. The first kappa shape index (κ1) is 18.7. The summed E-state index contributed by atoms with van der Waals surface area (Å²) in [6.07, 6.45) is 0.775. The van der Waals surface area contributed by atoms with Gasteiger partial charge in [0.1, 0.15) is 18.2 Å². The Kier molecular flexibility index (Phi) is 5.12. The number of para-hydroxylation sites is 2. The van der Waals surface area contributed by atoms with Gasteiger partial charge in [0.05, 0.1) is 17.6 Å². The molecular weight excluding hydrogens is 392 g/mol. The lowest BCUT2D eigenvalue weighted by atomic mass is 10.0. The second-order valence-electron chi connectivity index (χ2n) is 7.29. The molecule has 1 aromatic heterocycles. The molecule has 0 fully saturated rings. The fourth-order valence-corrected chi connectivity index (χ4v) is 4.04. The van der Waals surface area contributed by atoms with Gasteiger partial charge in [-0.05, 0) is 52.7 Å². The van der Waals surface area contributed by atoms with Crippen molar-refractivity contribution >= 4 is 33.4 Å². The number of rotatable bonds is 6. The van der Waals surface area contributed by atoms with Crippen LogP contribution in [0.2, 0.25) is 5.02 Å². The monoisotopic (exact) mass is 412 g/mol. The number of benzene rings is 4. The molecule has 0 unspecified atom stereocenters. The van der Waals surface area contributed by atoms with E-state index in [4.69, 9.17) is 21.3 Å². The summed E-state index contributed by atoms with van der Waals surface area (Å²) >= 11 is 5.96. The van der Waals surface area contributed by atoms with Crippen molar-refractivity contribution in [1.29, 1.82) is 0 Å². The van der Waals surface area contributed by atoms with Crippen LogP contribution in [0.3, 0.4) is 0 Å². The minimum atomic E-state index is 0.560. The van der Waals surface area contributed by atoms with Crippen LogP contribution in [-0.2, 0) is 13.0 Å². The van der Waals surface area contributed by atoms with Crippen LogP contribution in [-0.4, -0.2) is 16.2 Å². The first-order chi connectivity index (χ1) is 14.8. The zero-order valence-electron chi connectivity index (χ0n) is 16.5. The minimum absolute atomic E-state index is 0.560. The molecule has 30 heavy (non-hydrogen) atoms. The first-order valence-corrected chi connectivity index (χ1v) is 10.4. The number of hydrogen-bond donors (Lipinski definition) is 0. The third kappa shape index (κ3) is 3.77. The Morgan fingerprint density at radius 1 is 0.800 bits per heavy atom. The molecule has 0 spiro atoms. The second kappa shape index (κ2) is 8.21. The number of fused-ring (bicyclic) bond motifs is 2. The average Bonchev–Trinajstić information content (AvgIpc) is 3.12. The molecule has 148 valence electrons. The largest absolute Gasteiger partial charge is 0.492 e. The molecule has 3 nitrogen and oxygen atoms in total. The second-order valence-corrected chi connectivity index (χ2v) is 7.72. The summed E-state index contributed by atoms with van der Waals surface area (Å²) in [5.74, 6) is 1.87. The van der Waals surface area contributed by atoms with E-state index in [1.54, 1.807) is 0 Å². The summed E-state index contributed by atoms with van der Waals surface area (Å²) in [6.45, 7) is 1.29. The quantitative estimate of drug-likeness (QED) is 0.317. The van der Waals surface area contributed by atoms with Crippen molar-refractivity contribution in [1.82, 2.24) is 9.55 Å². The zero-order valence-corrected chi connectivity index (χ0v) is 17.2. The van der Waals surface area contributed by atoms with Crippen molar-refractivity contribution < 1.29 is 4.74 Å². The van der Waals surface area contributed by atoms with Gasteiger partial charge in [-0.15, -0.1) is 0 Å². The topological polar surface area (TPSA) is 27.1 Å². The SMILES string of the molecule is Clc1ccc(OCCn2c(Cc3cccc4ccccc34)nc3ccccc32)cc1. The Balaban J connectivity index is 1.45. The van der Waals surface area contributed by atoms with Gasteiger partial charge in [0.25, 0.3) is 0 Å². The molecule has 0 N–H and O–H groups in total. The summed E-state index contributed by atoms with van der Waals surface area (Å²) in [4.78, 5) is 4.94. The van der Waals surface area contributed by atoms with E-state index >= 15 is 0 Å². The van der Waals surface area contributed by atoms with Gasteiger partial charge in [0.2, 0.25) is 0 Å². The predicted molar refractivity (Wildman–Crippen MR) is 123 cm³/mol. The molecule has 1 heterocycles. The minimum Gasteiger partial charge on any atom is -0.492 e. The fourth-order valence-electron chi connectivity index (χ4n) is 3.91. The molecule has 0 saturated carbocycles. The van der Waals surface area contributed by atoms with Crippen LogP contribution in [0.4, 0.5) is 0 Å². The molecule has 4 heteroatoms. The summed E-state index contributed by atoms with van der Waals surface area (Å²) in [7, 11) is 0. The molecule has 4 aromatic carbocycles. The highest BCUT2D eigenvalue weighted by molar-refractivity contribution is 6.30. The number of halogens is 1. The van der Waals surface area contributed by atoms with Crippen LogP contribution < -0.4 is 4.74 Å². The standard InChI is InChI=1S/C26H21ClN2O/c27-21-12-14-22(15-13-21)30-17-16-29-25-11-4-3-10-24(25)28-26(29)18-20-8-5-7-19-6-1-2-9-23(19)20/h1-15H,16-18H2. The fraction of sp³-hybridized carbons (Fsp3) is 0.115. The zero-order chi connectivity index (χ0) is 20.3. The highest BCUT2D eigenvalue weighted by atomic mass is 35.5. The highest BCUT2D eigenvalue weighted by Crippen LogP contribution is 2.24. The summed E-state index contributed by atoms with van der Waals surface area (Å²) in [5, 5.41) is 3.24. The Morgan fingerprint density at radius 3 is 2.47 bits per heavy atom. The van der Waals surface area contributed by atoms with Crippen LogP contribution >= 0.6 is 11.6 Å². The van der Waals surface area contributed by atoms with E-state index < -0.39 is 0 Å². The molecule has 0 bridgehead atoms. The first-order valence-electron chi connectivity index (χ1n) is 10.1. The molecule has 0 aliphatic heterocycles. The predicted octanol–water partition coefficient (Wildman–Crippen LogP) is 6.51. The summed E-state index contributed by atoms with van der Waals surface area (Å²) < 4.78 is 8.22. The van der Waals surface area contributed by atoms with Crippen molar-refractivity contribution in [3.63, 3.8) is 0 Å². The van der Waals surface area contributed by atoms with Gasteiger partial charge >= 0.3 is 0 Å². The smallest absolute Gasteiger partial charge is 0.119 e. The van der Waals surface area contributed by atoms with E-state index in [0.717, 1.165) is 35.6 Å². The molecular formula is C26H21ClN2O. The molecule has 5 aromatic rings. The van der Waals surface area contributed by atoms with Crippen molar-refractivity contribution in [3.8, 4) is 5.75 Å². The van der Waals surface area contributed by atoms with Gasteiger partial charge < -0.3 is 9.30 Å². The van der Waals surface area contributed by atoms with Crippen LogP contribution in [0.1, 0.15) is 11.4 Å². The van der Waals surface area contributed by atoms with Crippen LogP contribution in [0.15, 0.2) is 91.0 Å². The Hall–Kier alpha value is -3.30.